The van der Waals surface area contributed by atoms with E-state index in [9.17, 15) is 0 Å². The predicted octanol–water partition coefficient (Wildman–Crippen LogP) is 4.22. The molecule has 0 aliphatic rings. The first-order valence-electron chi connectivity index (χ1n) is 6.53. The third kappa shape index (κ3) is 7.22. The standard InChI is InChI=1S/C10H16N.C8H8/c1-11(2,3)9-10-7-5-4-6-8-10;1-2-8-6-4-3-5-7-8/h4-8H,9H2,1-3H3;2-7H,1H2/q+1;. The lowest BCUT2D eigenvalue weighted by atomic mass is 10.2. The van der Waals surface area contributed by atoms with E-state index in [1.807, 2.05) is 36.4 Å². The molecule has 100 valence electrons. The van der Waals surface area contributed by atoms with E-state index in [2.05, 4.69) is 58.1 Å². The zero-order chi connectivity index (χ0) is 14.1. The molecular formula is C18H24N+. The van der Waals surface area contributed by atoms with Crippen LogP contribution in [0.4, 0.5) is 0 Å². The Labute approximate surface area is 117 Å². The summed E-state index contributed by atoms with van der Waals surface area (Å²) in [6.45, 7) is 4.73. The molecule has 0 fully saturated rings. The van der Waals surface area contributed by atoms with Gasteiger partial charge in [0.1, 0.15) is 6.54 Å². The van der Waals surface area contributed by atoms with Crippen LogP contribution in [-0.4, -0.2) is 25.6 Å². The van der Waals surface area contributed by atoms with Crippen LogP contribution < -0.4 is 0 Å². The molecule has 0 saturated heterocycles. The highest BCUT2D eigenvalue weighted by atomic mass is 15.3. The molecule has 0 saturated carbocycles. The van der Waals surface area contributed by atoms with E-state index in [1.54, 1.807) is 0 Å². The van der Waals surface area contributed by atoms with Gasteiger partial charge in [0.05, 0.1) is 21.1 Å². The maximum absolute atomic E-state index is 3.63. The summed E-state index contributed by atoms with van der Waals surface area (Å²) < 4.78 is 0.990. The van der Waals surface area contributed by atoms with Gasteiger partial charge in [-0.2, -0.15) is 0 Å². The Balaban J connectivity index is 0.000000200. The summed E-state index contributed by atoms with van der Waals surface area (Å²) in [5, 5.41) is 0. The molecule has 0 amide bonds. The van der Waals surface area contributed by atoms with Crippen LogP contribution >= 0.6 is 0 Å². The molecule has 0 aromatic heterocycles. The molecule has 2 rings (SSSR count). The van der Waals surface area contributed by atoms with E-state index < -0.39 is 0 Å². The lowest BCUT2D eigenvalue weighted by molar-refractivity contribution is -0.884. The Morgan fingerprint density at radius 1 is 0.842 bits per heavy atom. The van der Waals surface area contributed by atoms with Gasteiger partial charge in [0.15, 0.2) is 0 Å². The van der Waals surface area contributed by atoms with E-state index >= 15 is 0 Å². The van der Waals surface area contributed by atoms with Crippen LogP contribution in [0, 0.1) is 0 Å². The van der Waals surface area contributed by atoms with Crippen molar-refractivity contribution in [3.63, 3.8) is 0 Å². The number of rotatable bonds is 3. The lowest BCUT2D eigenvalue weighted by Crippen LogP contribution is -2.33. The summed E-state index contributed by atoms with van der Waals surface area (Å²) in [6.07, 6.45) is 1.83. The summed E-state index contributed by atoms with van der Waals surface area (Å²) in [4.78, 5) is 0. The first kappa shape index (κ1) is 15.2. The molecule has 0 unspecified atom stereocenters. The lowest BCUT2D eigenvalue weighted by Gasteiger charge is -2.23. The average Bonchev–Trinajstić information content (AvgIpc) is 2.40. The van der Waals surface area contributed by atoms with Crippen LogP contribution in [0.25, 0.3) is 6.08 Å². The predicted molar refractivity (Wildman–Crippen MR) is 84.7 cm³/mol. The molecule has 0 radical (unpaired) electrons. The van der Waals surface area contributed by atoms with Crippen molar-refractivity contribution in [1.29, 1.82) is 0 Å². The number of hydrogen-bond donors (Lipinski definition) is 0. The first-order valence-corrected chi connectivity index (χ1v) is 6.53. The topological polar surface area (TPSA) is 0 Å². The second-order valence-electron chi connectivity index (χ2n) is 5.55. The summed E-state index contributed by atoms with van der Waals surface area (Å²) in [5.74, 6) is 0. The van der Waals surface area contributed by atoms with Crippen LogP contribution in [0.2, 0.25) is 0 Å². The van der Waals surface area contributed by atoms with E-state index in [-0.39, 0.29) is 0 Å². The molecule has 2 aromatic carbocycles. The van der Waals surface area contributed by atoms with Crippen LogP contribution in [0.15, 0.2) is 67.2 Å². The summed E-state index contributed by atoms with van der Waals surface area (Å²) in [7, 11) is 6.60. The van der Waals surface area contributed by atoms with E-state index in [4.69, 9.17) is 0 Å². The highest BCUT2D eigenvalue weighted by molar-refractivity contribution is 5.45. The van der Waals surface area contributed by atoms with Crippen molar-refractivity contribution in [1.82, 2.24) is 0 Å². The smallest absolute Gasteiger partial charge is 0.104 e. The van der Waals surface area contributed by atoms with Gasteiger partial charge in [0.2, 0.25) is 0 Å². The number of nitrogens with zero attached hydrogens (tertiary/aromatic N) is 1. The fourth-order valence-corrected chi connectivity index (χ4v) is 1.72. The SMILES string of the molecule is C=Cc1ccccc1.C[N+](C)(C)Cc1ccccc1. The van der Waals surface area contributed by atoms with Crippen molar-refractivity contribution in [3.05, 3.63) is 78.4 Å². The number of hydrogen-bond acceptors (Lipinski definition) is 0. The fraction of sp³-hybridized carbons (Fsp3) is 0.222. The molecule has 0 spiro atoms. The average molecular weight is 254 g/mol. The zero-order valence-corrected chi connectivity index (χ0v) is 12.2. The van der Waals surface area contributed by atoms with Crippen molar-refractivity contribution in [2.75, 3.05) is 21.1 Å². The fourth-order valence-electron chi connectivity index (χ4n) is 1.72. The molecule has 0 heterocycles. The molecular weight excluding hydrogens is 230 g/mol. The van der Waals surface area contributed by atoms with Gasteiger partial charge in [-0.15, -0.1) is 0 Å². The molecule has 0 aliphatic carbocycles. The van der Waals surface area contributed by atoms with Crippen molar-refractivity contribution >= 4 is 6.08 Å². The summed E-state index contributed by atoms with van der Waals surface area (Å²) in [6, 6.07) is 20.6. The van der Waals surface area contributed by atoms with Gasteiger partial charge in [-0.3, -0.25) is 0 Å². The van der Waals surface area contributed by atoms with Crippen molar-refractivity contribution in [2.45, 2.75) is 6.54 Å². The monoisotopic (exact) mass is 254 g/mol. The van der Waals surface area contributed by atoms with E-state index in [0.29, 0.717) is 0 Å². The second-order valence-corrected chi connectivity index (χ2v) is 5.55. The Morgan fingerprint density at radius 3 is 1.68 bits per heavy atom. The van der Waals surface area contributed by atoms with Gasteiger partial charge in [0.25, 0.3) is 0 Å². The molecule has 0 N–H and O–H groups in total. The van der Waals surface area contributed by atoms with Crippen LogP contribution in [0.3, 0.4) is 0 Å². The molecule has 2 aromatic rings. The molecule has 19 heavy (non-hydrogen) atoms. The van der Waals surface area contributed by atoms with E-state index in [0.717, 1.165) is 11.0 Å². The minimum Gasteiger partial charge on any atom is -0.327 e. The minimum atomic E-state index is 0.990. The van der Waals surface area contributed by atoms with Gasteiger partial charge in [-0.25, -0.2) is 0 Å². The Hall–Kier alpha value is -1.86. The van der Waals surface area contributed by atoms with Gasteiger partial charge in [-0.05, 0) is 5.56 Å². The zero-order valence-electron chi connectivity index (χ0n) is 12.2. The quantitative estimate of drug-likeness (QED) is 0.719. The number of benzene rings is 2. The maximum atomic E-state index is 3.63. The van der Waals surface area contributed by atoms with Gasteiger partial charge >= 0.3 is 0 Å². The summed E-state index contributed by atoms with van der Waals surface area (Å²) >= 11 is 0. The maximum Gasteiger partial charge on any atom is 0.104 e. The minimum absolute atomic E-state index is 0.990. The van der Waals surface area contributed by atoms with Gasteiger partial charge in [0, 0.05) is 5.56 Å². The van der Waals surface area contributed by atoms with E-state index in [1.165, 1.54) is 11.1 Å². The molecule has 0 atom stereocenters. The highest BCUT2D eigenvalue weighted by Gasteiger charge is 2.06. The Morgan fingerprint density at radius 2 is 1.32 bits per heavy atom. The van der Waals surface area contributed by atoms with Crippen molar-refractivity contribution in [3.8, 4) is 0 Å². The van der Waals surface area contributed by atoms with Gasteiger partial charge < -0.3 is 4.48 Å². The van der Waals surface area contributed by atoms with Crippen molar-refractivity contribution < 1.29 is 4.48 Å². The second kappa shape index (κ2) is 7.55. The molecule has 1 nitrogen and oxygen atoms in total. The third-order valence-corrected chi connectivity index (χ3v) is 2.54. The largest absolute Gasteiger partial charge is 0.327 e. The van der Waals surface area contributed by atoms with Crippen LogP contribution in [-0.2, 0) is 6.54 Å². The molecule has 1 heteroatoms. The van der Waals surface area contributed by atoms with Gasteiger partial charge in [-0.1, -0.05) is 73.3 Å². The number of quaternary nitrogens is 1. The third-order valence-electron chi connectivity index (χ3n) is 2.54. The Kier molecular flexibility index (Phi) is 6.04. The highest BCUT2D eigenvalue weighted by Crippen LogP contribution is 2.05. The normalized spacial score (nSPS) is 10.3. The van der Waals surface area contributed by atoms with Crippen LogP contribution in [0.5, 0.6) is 0 Å². The first-order chi connectivity index (χ1) is 9.01. The molecule has 0 bridgehead atoms. The van der Waals surface area contributed by atoms with Crippen LogP contribution in [0.1, 0.15) is 11.1 Å². The Bertz CT molecular complexity index is 466. The summed E-state index contributed by atoms with van der Waals surface area (Å²) in [5.41, 5.74) is 2.58. The molecule has 0 aliphatic heterocycles. The van der Waals surface area contributed by atoms with Crippen molar-refractivity contribution in [2.24, 2.45) is 0 Å².